The Balaban J connectivity index is 1.51. The van der Waals surface area contributed by atoms with Crippen molar-refractivity contribution in [3.05, 3.63) is 52.0 Å². The maximum atomic E-state index is 12.0. The molecule has 1 amide bonds. The summed E-state index contributed by atoms with van der Waals surface area (Å²) in [6.07, 6.45) is 0.383. The Kier molecular flexibility index (Phi) is 3.90. The lowest BCUT2D eigenvalue weighted by atomic mass is 10.3. The highest BCUT2D eigenvalue weighted by molar-refractivity contribution is 7.22. The number of thiophene rings is 1. The van der Waals surface area contributed by atoms with Gasteiger partial charge in [-0.15, -0.1) is 34.0 Å². The minimum atomic E-state index is -0.0438. The average Bonchev–Trinajstić information content (AvgIpc) is 3.26. The van der Waals surface area contributed by atoms with Gasteiger partial charge in [0.2, 0.25) is 5.91 Å². The van der Waals surface area contributed by atoms with Gasteiger partial charge in [0.1, 0.15) is 10.7 Å². The number of aromatic nitrogens is 2. The summed E-state index contributed by atoms with van der Waals surface area (Å²) in [5, 5.41) is 8.24. The molecule has 4 aromatic rings. The highest BCUT2D eigenvalue weighted by atomic mass is 32.1. The molecule has 0 spiro atoms. The molecule has 0 atom stereocenters. The van der Waals surface area contributed by atoms with Gasteiger partial charge in [0.05, 0.1) is 16.6 Å². The smallest absolute Gasteiger partial charge is 0.231 e. The quantitative estimate of drug-likeness (QED) is 0.578. The number of hydrogen-bond acceptors (Lipinski definition) is 6. The molecule has 114 valence electrons. The third-order valence-corrected chi connectivity index (χ3v) is 5.87. The standard InChI is InChI=1S/C16H11N3OS3/c20-14(8-10-4-3-7-21-10)19-16-18-12(9-22-16)15-17-11-5-1-2-6-13(11)23-15/h1-7,9H,8H2,(H,18,19,20). The maximum absolute atomic E-state index is 12.0. The second-order valence-corrected chi connectivity index (χ2v) is 7.75. The molecule has 7 heteroatoms. The van der Waals surface area contributed by atoms with Gasteiger partial charge in [-0.1, -0.05) is 18.2 Å². The fraction of sp³-hybridized carbons (Fsp3) is 0.0625. The van der Waals surface area contributed by atoms with Gasteiger partial charge in [-0.25, -0.2) is 9.97 Å². The van der Waals surface area contributed by atoms with E-state index in [9.17, 15) is 4.79 Å². The van der Waals surface area contributed by atoms with Gasteiger partial charge >= 0.3 is 0 Å². The van der Waals surface area contributed by atoms with E-state index in [-0.39, 0.29) is 5.91 Å². The van der Waals surface area contributed by atoms with Crippen molar-refractivity contribution in [1.82, 2.24) is 9.97 Å². The Morgan fingerprint density at radius 1 is 1.09 bits per heavy atom. The third kappa shape index (κ3) is 3.17. The molecule has 1 aromatic carbocycles. The van der Waals surface area contributed by atoms with Crippen molar-refractivity contribution in [2.75, 3.05) is 5.32 Å². The SMILES string of the molecule is O=C(Cc1cccs1)Nc1nc(-c2nc3ccccc3s2)cs1. The van der Waals surface area contributed by atoms with Crippen molar-refractivity contribution in [2.45, 2.75) is 6.42 Å². The molecular formula is C16H11N3OS3. The van der Waals surface area contributed by atoms with Crippen LogP contribution in [0.5, 0.6) is 0 Å². The van der Waals surface area contributed by atoms with Crippen molar-refractivity contribution < 1.29 is 4.79 Å². The van der Waals surface area contributed by atoms with E-state index in [1.54, 1.807) is 22.7 Å². The summed E-state index contributed by atoms with van der Waals surface area (Å²) in [6, 6.07) is 11.9. The summed E-state index contributed by atoms with van der Waals surface area (Å²) < 4.78 is 1.14. The van der Waals surface area contributed by atoms with Crippen LogP contribution in [0.4, 0.5) is 5.13 Å². The van der Waals surface area contributed by atoms with Gasteiger partial charge in [-0.3, -0.25) is 4.79 Å². The zero-order chi connectivity index (χ0) is 15.6. The summed E-state index contributed by atoms with van der Waals surface area (Å²) in [6.45, 7) is 0. The van der Waals surface area contributed by atoms with Crippen molar-refractivity contribution >= 4 is 55.3 Å². The van der Waals surface area contributed by atoms with Crippen molar-refractivity contribution in [3.8, 4) is 10.7 Å². The molecular weight excluding hydrogens is 346 g/mol. The number of nitrogens with one attached hydrogen (secondary N) is 1. The van der Waals surface area contributed by atoms with Crippen LogP contribution in [0.2, 0.25) is 0 Å². The molecule has 0 aliphatic carbocycles. The molecule has 0 saturated carbocycles. The van der Waals surface area contributed by atoms with E-state index in [0.29, 0.717) is 11.6 Å². The second kappa shape index (κ2) is 6.19. The van der Waals surface area contributed by atoms with Crippen LogP contribution in [0, 0.1) is 0 Å². The number of rotatable bonds is 4. The first kappa shape index (κ1) is 14.5. The Bertz CT molecular complexity index is 923. The second-order valence-electron chi connectivity index (χ2n) is 4.83. The molecule has 0 fully saturated rings. The Morgan fingerprint density at radius 3 is 2.83 bits per heavy atom. The molecule has 3 aromatic heterocycles. The molecule has 3 heterocycles. The molecule has 0 saturated heterocycles. The van der Waals surface area contributed by atoms with E-state index in [0.717, 1.165) is 25.8 Å². The van der Waals surface area contributed by atoms with E-state index in [1.807, 2.05) is 47.2 Å². The monoisotopic (exact) mass is 357 g/mol. The molecule has 4 nitrogen and oxygen atoms in total. The third-order valence-electron chi connectivity index (χ3n) is 3.18. The Labute approximate surface area is 144 Å². The van der Waals surface area contributed by atoms with Crippen LogP contribution in [-0.2, 0) is 11.2 Å². The number of hydrogen-bond donors (Lipinski definition) is 1. The van der Waals surface area contributed by atoms with Crippen LogP contribution >= 0.6 is 34.0 Å². The van der Waals surface area contributed by atoms with Crippen LogP contribution in [-0.4, -0.2) is 15.9 Å². The van der Waals surface area contributed by atoms with Crippen LogP contribution in [0.3, 0.4) is 0 Å². The Morgan fingerprint density at radius 2 is 2.00 bits per heavy atom. The summed E-state index contributed by atoms with van der Waals surface area (Å²) in [7, 11) is 0. The lowest BCUT2D eigenvalue weighted by Crippen LogP contribution is -2.13. The van der Waals surface area contributed by atoms with E-state index < -0.39 is 0 Å². The van der Waals surface area contributed by atoms with E-state index in [4.69, 9.17) is 0 Å². The zero-order valence-corrected chi connectivity index (χ0v) is 14.3. The van der Waals surface area contributed by atoms with Gasteiger partial charge in [0.15, 0.2) is 5.13 Å². The van der Waals surface area contributed by atoms with Gasteiger partial charge in [-0.2, -0.15) is 0 Å². The zero-order valence-electron chi connectivity index (χ0n) is 11.9. The summed E-state index contributed by atoms with van der Waals surface area (Å²) in [5.41, 5.74) is 1.78. The molecule has 23 heavy (non-hydrogen) atoms. The maximum Gasteiger partial charge on any atom is 0.231 e. The highest BCUT2D eigenvalue weighted by Gasteiger charge is 2.12. The van der Waals surface area contributed by atoms with Crippen molar-refractivity contribution in [2.24, 2.45) is 0 Å². The molecule has 0 aliphatic heterocycles. The van der Waals surface area contributed by atoms with Crippen molar-refractivity contribution in [1.29, 1.82) is 0 Å². The predicted molar refractivity (Wildman–Crippen MR) is 97.4 cm³/mol. The molecule has 0 aliphatic rings. The molecule has 0 radical (unpaired) electrons. The fourth-order valence-corrected chi connectivity index (χ4v) is 4.56. The molecule has 0 unspecified atom stereocenters. The number of thiazole rings is 2. The van der Waals surface area contributed by atoms with Crippen LogP contribution in [0.1, 0.15) is 4.88 Å². The number of fused-ring (bicyclic) bond motifs is 1. The van der Waals surface area contributed by atoms with E-state index in [2.05, 4.69) is 15.3 Å². The normalized spacial score (nSPS) is 11.0. The average molecular weight is 357 g/mol. The fourth-order valence-electron chi connectivity index (χ4n) is 2.15. The van der Waals surface area contributed by atoms with Gasteiger partial charge in [0.25, 0.3) is 0 Å². The molecule has 4 rings (SSSR count). The van der Waals surface area contributed by atoms with E-state index >= 15 is 0 Å². The van der Waals surface area contributed by atoms with Gasteiger partial charge in [-0.05, 0) is 23.6 Å². The van der Waals surface area contributed by atoms with E-state index in [1.165, 1.54) is 11.3 Å². The number of amides is 1. The number of para-hydroxylation sites is 1. The minimum absolute atomic E-state index is 0.0438. The van der Waals surface area contributed by atoms with Crippen molar-refractivity contribution in [3.63, 3.8) is 0 Å². The first-order valence-corrected chi connectivity index (χ1v) is 9.49. The predicted octanol–water partition coefficient (Wildman–Crippen LogP) is 4.66. The highest BCUT2D eigenvalue weighted by Crippen LogP contribution is 2.31. The number of carbonyl (C=O) groups excluding carboxylic acids is 1. The first-order valence-electron chi connectivity index (χ1n) is 6.91. The van der Waals surface area contributed by atoms with Gasteiger partial charge in [0, 0.05) is 10.3 Å². The number of anilines is 1. The lowest BCUT2D eigenvalue weighted by molar-refractivity contribution is -0.115. The van der Waals surface area contributed by atoms with Crippen LogP contribution in [0.25, 0.3) is 20.9 Å². The lowest BCUT2D eigenvalue weighted by Gasteiger charge is -1.99. The summed E-state index contributed by atoms with van der Waals surface area (Å²) >= 11 is 4.61. The minimum Gasteiger partial charge on any atom is -0.302 e. The number of benzene rings is 1. The molecule has 1 N–H and O–H groups in total. The summed E-state index contributed by atoms with van der Waals surface area (Å²) in [4.78, 5) is 22.1. The number of nitrogens with zero attached hydrogens (tertiary/aromatic N) is 2. The topological polar surface area (TPSA) is 54.9 Å². The Hall–Kier alpha value is -2.09. The van der Waals surface area contributed by atoms with Gasteiger partial charge < -0.3 is 5.32 Å². The van der Waals surface area contributed by atoms with Crippen LogP contribution in [0.15, 0.2) is 47.2 Å². The molecule has 0 bridgehead atoms. The summed E-state index contributed by atoms with van der Waals surface area (Å²) in [5.74, 6) is -0.0438. The largest absolute Gasteiger partial charge is 0.302 e. The number of carbonyl (C=O) groups is 1. The van der Waals surface area contributed by atoms with Crippen LogP contribution < -0.4 is 5.32 Å². The first-order chi connectivity index (χ1) is 11.3.